The van der Waals surface area contributed by atoms with E-state index in [1.165, 1.54) is 0 Å². The van der Waals surface area contributed by atoms with E-state index >= 15 is 0 Å². The standard InChI is InChI=1S/FH2O3P.Fe.Sr.2H/c1-5(2,3)4;;;;/h(H2,2,3,4);;;;. The third kappa shape index (κ3) is 69.0. The predicted molar refractivity (Wildman–Crippen MR) is 21.7 cm³/mol. The van der Waals surface area contributed by atoms with Crippen LogP contribution in [-0.4, -0.2) is 55.3 Å². The molecule has 0 spiro atoms. The van der Waals surface area contributed by atoms with Crippen LogP contribution in [0.3, 0.4) is 0 Å². The third-order valence-electron chi connectivity index (χ3n) is 0. The van der Waals surface area contributed by atoms with Gasteiger partial charge >= 0.3 is 53.4 Å². The minimum absolute atomic E-state index is 0. The molecule has 0 saturated heterocycles. The number of halogens is 1. The third-order valence-corrected chi connectivity index (χ3v) is 0. The van der Waals surface area contributed by atoms with Crippen molar-refractivity contribution in [1.29, 1.82) is 0 Å². The second-order valence-corrected chi connectivity index (χ2v) is 1.42. The van der Waals surface area contributed by atoms with Crippen molar-refractivity contribution >= 4 is 53.4 Å². The monoisotopic (exact) mass is 246 g/mol. The molecule has 0 radical (unpaired) electrons. The Bertz CT molecular complexity index is 61.1. The van der Waals surface area contributed by atoms with Crippen molar-refractivity contribution in [1.82, 2.24) is 0 Å². The maximum absolute atomic E-state index is 10.4. The van der Waals surface area contributed by atoms with Gasteiger partial charge in [0.1, 0.15) is 0 Å². The van der Waals surface area contributed by atoms with Gasteiger partial charge < -0.3 is 0 Å². The zero-order valence-electron chi connectivity index (χ0n) is 2.48. The van der Waals surface area contributed by atoms with Gasteiger partial charge in [0.15, 0.2) is 0 Å². The van der Waals surface area contributed by atoms with E-state index in [1.54, 1.807) is 0 Å². The van der Waals surface area contributed by atoms with E-state index in [0.717, 1.165) is 0 Å². The summed E-state index contributed by atoms with van der Waals surface area (Å²) >= 11 is 0. The van der Waals surface area contributed by atoms with Gasteiger partial charge in [-0.2, -0.15) is 0 Å². The zero-order chi connectivity index (χ0) is 4.50. The molecule has 2 N–H and O–H groups in total. The Hall–Kier alpha value is 2.08. The molecule has 0 heterocycles. The van der Waals surface area contributed by atoms with Crippen molar-refractivity contribution in [3.8, 4) is 0 Å². The molecule has 0 bridgehead atoms. The summed E-state index contributed by atoms with van der Waals surface area (Å²) in [6.45, 7) is 0. The predicted octanol–water partition coefficient (Wildman–Crippen LogP) is -0.870. The molecule has 7 heteroatoms. The van der Waals surface area contributed by atoms with Crippen molar-refractivity contribution in [2.45, 2.75) is 0 Å². The van der Waals surface area contributed by atoms with E-state index in [-0.39, 0.29) is 62.6 Å². The van der Waals surface area contributed by atoms with Crippen molar-refractivity contribution < 1.29 is 35.6 Å². The van der Waals surface area contributed by atoms with Crippen molar-refractivity contribution in [2.24, 2.45) is 0 Å². The maximum atomic E-state index is 10.4. The average molecular weight is 245 g/mol. The topological polar surface area (TPSA) is 57.5 Å². The van der Waals surface area contributed by atoms with E-state index in [2.05, 4.69) is 0 Å². The van der Waals surface area contributed by atoms with Gasteiger partial charge in [0.2, 0.25) is 0 Å². The summed E-state index contributed by atoms with van der Waals surface area (Å²) < 4.78 is 19.0. The normalized spacial score (nSPS) is 8.43. The van der Waals surface area contributed by atoms with Gasteiger partial charge in [-0.1, -0.05) is 0 Å². The Labute approximate surface area is 87.7 Å². The van der Waals surface area contributed by atoms with Crippen LogP contribution in [0.25, 0.3) is 0 Å². The number of hydrogen-bond donors (Lipinski definition) is 2. The fourth-order valence-electron chi connectivity index (χ4n) is 0. The molecule has 0 rings (SSSR count). The Morgan fingerprint density at radius 1 is 1.43 bits per heavy atom. The minimum atomic E-state index is -5.14. The Morgan fingerprint density at radius 3 is 1.43 bits per heavy atom. The summed E-state index contributed by atoms with van der Waals surface area (Å²) in [5, 5.41) is 0. The second-order valence-electron chi connectivity index (χ2n) is 0.473. The molecule has 0 aromatic heterocycles. The molecule has 0 aromatic rings. The molecule has 0 aromatic carbocycles. The first-order chi connectivity index (χ1) is 2.00. The van der Waals surface area contributed by atoms with Gasteiger partial charge in [-0.25, -0.2) is 4.57 Å². The Kier molecular flexibility index (Phi) is 14.2. The van der Waals surface area contributed by atoms with Gasteiger partial charge in [-0.15, -0.1) is 4.20 Å². The van der Waals surface area contributed by atoms with Crippen LogP contribution in [0.2, 0.25) is 0 Å². The van der Waals surface area contributed by atoms with Crippen LogP contribution in [0.4, 0.5) is 4.20 Å². The van der Waals surface area contributed by atoms with Crippen LogP contribution in [0.1, 0.15) is 0 Å². The quantitative estimate of drug-likeness (QED) is 0.431. The van der Waals surface area contributed by atoms with E-state index in [9.17, 15) is 4.20 Å². The van der Waals surface area contributed by atoms with Gasteiger partial charge in [0.25, 0.3) is 0 Å². The Balaban J connectivity index is -0.0000000800. The van der Waals surface area contributed by atoms with Crippen molar-refractivity contribution in [2.75, 3.05) is 0 Å². The molecule has 0 atom stereocenters. The van der Waals surface area contributed by atoms with Crippen LogP contribution in [0.5, 0.6) is 0 Å². The molecule has 0 aliphatic rings. The van der Waals surface area contributed by atoms with Crippen LogP contribution in [0.15, 0.2) is 0 Å². The molecular formula is H4FFeO3PSr. The summed E-state index contributed by atoms with van der Waals surface area (Å²) in [6.07, 6.45) is 0. The second kappa shape index (κ2) is 6.20. The molecule has 0 aliphatic heterocycles. The van der Waals surface area contributed by atoms with E-state index in [1.807, 2.05) is 0 Å². The number of hydrogen-bond acceptors (Lipinski definition) is 1. The SMILES string of the molecule is O=P(O)(O)F.[Fe].[SrH2]. The molecule has 7 heavy (non-hydrogen) atoms. The van der Waals surface area contributed by atoms with Crippen molar-refractivity contribution in [3.63, 3.8) is 0 Å². The first-order valence-corrected chi connectivity index (χ1v) is 2.25. The molecular weight excluding hydrogens is 241 g/mol. The van der Waals surface area contributed by atoms with Crippen molar-refractivity contribution in [3.05, 3.63) is 0 Å². The van der Waals surface area contributed by atoms with E-state index < -0.39 is 7.91 Å². The summed E-state index contributed by atoms with van der Waals surface area (Å²) in [4.78, 5) is 13.9. The van der Waals surface area contributed by atoms with Crippen LogP contribution < -0.4 is 0 Å². The Morgan fingerprint density at radius 2 is 1.43 bits per heavy atom. The van der Waals surface area contributed by atoms with E-state index in [4.69, 9.17) is 14.4 Å². The fourth-order valence-corrected chi connectivity index (χ4v) is 0. The van der Waals surface area contributed by atoms with Gasteiger partial charge in [0, 0.05) is 17.1 Å². The van der Waals surface area contributed by atoms with Gasteiger partial charge in [-0.3, -0.25) is 9.79 Å². The first kappa shape index (κ1) is 16.0. The fraction of sp³-hybridized carbons (Fsp3) is 0. The molecule has 0 aliphatic carbocycles. The molecule has 3 nitrogen and oxygen atoms in total. The molecule has 0 amide bonds. The summed E-state index contributed by atoms with van der Waals surface area (Å²) in [5.41, 5.74) is 0. The van der Waals surface area contributed by atoms with Gasteiger partial charge in [0.05, 0.1) is 0 Å². The number of rotatable bonds is 0. The molecule has 0 saturated carbocycles. The first-order valence-electron chi connectivity index (χ1n) is 0.752. The summed E-state index contributed by atoms with van der Waals surface area (Å²) in [5.74, 6) is 0. The summed E-state index contributed by atoms with van der Waals surface area (Å²) in [7, 11) is -5.14. The van der Waals surface area contributed by atoms with Crippen LogP contribution in [-0.2, 0) is 21.6 Å². The zero-order valence-corrected chi connectivity index (χ0v) is 4.48. The molecule has 0 fully saturated rings. The summed E-state index contributed by atoms with van der Waals surface area (Å²) in [6, 6.07) is 0. The van der Waals surface area contributed by atoms with Crippen LogP contribution in [0, 0.1) is 0 Å². The van der Waals surface area contributed by atoms with Gasteiger partial charge in [-0.05, 0) is 0 Å². The average Bonchev–Trinajstić information content (AvgIpc) is 0.722. The van der Waals surface area contributed by atoms with E-state index in [0.29, 0.717) is 0 Å². The molecule has 0 unspecified atom stereocenters. The van der Waals surface area contributed by atoms with Crippen LogP contribution >= 0.6 is 7.91 Å². The molecule has 44 valence electrons.